The fraction of sp³-hybridized carbons (Fsp3) is 0.0417. The average molecular weight is 455 g/mol. The molecule has 4 rings (SSSR count). The van der Waals surface area contributed by atoms with Crippen LogP contribution in [0.4, 0.5) is 5.95 Å². The second-order valence-electron chi connectivity index (χ2n) is 6.92. The van der Waals surface area contributed by atoms with E-state index in [2.05, 4.69) is 20.5 Å². The Labute approximate surface area is 192 Å². The number of carboxylic acid groups (broad SMARTS) is 1. The highest BCUT2D eigenvalue weighted by Gasteiger charge is 2.13. The highest BCUT2D eigenvalue weighted by Crippen LogP contribution is 2.20. The highest BCUT2D eigenvalue weighted by atomic mass is 16.5. The molecule has 0 bridgehead atoms. The van der Waals surface area contributed by atoms with Crippen LogP contribution in [0.5, 0.6) is 5.75 Å². The Morgan fingerprint density at radius 2 is 2.03 bits per heavy atom. The minimum atomic E-state index is -1.15. The summed E-state index contributed by atoms with van der Waals surface area (Å²) in [5, 5.41) is 22.3. The number of carboxylic acids is 1. The number of hydrogen-bond acceptors (Lipinski definition) is 8. The molecule has 10 heteroatoms. The molecular weight excluding hydrogens is 438 g/mol. The number of nitrogens with zero attached hydrogens (tertiary/aromatic N) is 3. The lowest BCUT2D eigenvalue weighted by Gasteiger charge is -2.06. The number of nitriles is 1. The lowest BCUT2D eigenvalue weighted by atomic mass is 10.1. The highest BCUT2D eigenvalue weighted by molar-refractivity contribution is 5.84. The largest absolute Gasteiger partial charge is 0.486 e. The van der Waals surface area contributed by atoms with Crippen LogP contribution in [0.2, 0.25) is 0 Å². The molecule has 0 atom stereocenters. The summed E-state index contributed by atoms with van der Waals surface area (Å²) in [5.41, 5.74) is 3.58. The van der Waals surface area contributed by atoms with Crippen molar-refractivity contribution in [3.8, 4) is 23.1 Å². The molecule has 2 aromatic heterocycles. The maximum absolute atomic E-state index is 12.3. The van der Waals surface area contributed by atoms with Crippen LogP contribution >= 0.6 is 0 Å². The van der Waals surface area contributed by atoms with E-state index < -0.39 is 11.5 Å². The Balaban J connectivity index is 1.45. The zero-order valence-electron chi connectivity index (χ0n) is 17.6. The molecule has 0 radical (unpaired) electrons. The van der Waals surface area contributed by atoms with Gasteiger partial charge in [-0.1, -0.05) is 42.5 Å². The maximum atomic E-state index is 12.3. The zero-order valence-corrected chi connectivity index (χ0v) is 17.6. The van der Waals surface area contributed by atoms with E-state index in [-0.39, 0.29) is 29.6 Å². The van der Waals surface area contributed by atoms with Gasteiger partial charge in [-0.2, -0.15) is 10.4 Å². The number of benzene rings is 2. The van der Waals surface area contributed by atoms with E-state index in [0.29, 0.717) is 22.6 Å². The predicted molar refractivity (Wildman–Crippen MR) is 123 cm³/mol. The smallest absolute Gasteiger partial charge is 0.371 e. The van der Waals surface area contributed by atoms with Gasteiger partial charge in [0.15, 0.2) is 0 Å². The van der Waals surface area contributed by atoms with E-state index in [4.69, 9.17) is 14.3 Å². The summed E-state index contributed by atoms with van der Waals surface area (Å²) in [6.07, 6.45) is 1.50. The van der Waals surface area contributed by atoms with Crippen LogP contribution in [-0.4, -0.2) is 27.3 Å². The van der Waals surface area contributed by atoms with E-state index in [1.807, 2.05) is 12.1 Å². The molecule has 168 valence electrons. The summed E-state index contributed by atoms with van der Waals surface area (Å²) in [4.78, 5) is 30.0. The van der Waals surface area contributed by atoms with Gasteiger partial charge in [0.05, 0.1) is 11.9 Å². The second kappa shape index (κ2) is 9.97. The number of nitrogens with one attached hydrogen (secondary N) is 2. The van der Waals surface area contributed by atoms with Crippen LogP contribution in [0.15, 0.2) is 81.0 Å². The average Bonchev–Trinajstić information content (AvgIpc) is 3.33. The number of ether oxygens (including phenoxy) is 1. The third kappa shape index (κ3) is 5.17. The van der Waals surface area contributed by atoms with Crippen LogP contribution in [-0.2, 0) is 6.61 Å². The quantitative estimate of drug-likeness (QED) is 0.269. The van der Waals surface area contributed by atoms with Crippen molar-refractivity contribution >= 4 is 18.1 Å². The molecule has 10 nitrogen and oxygen atoms in total. The van der Waals surface area contributed by atoms with Gasteiger partial charge in [0.1, 0.15) is 29.7 Å². The van der Waals surface area contributed by atoms with Crippen molar-refractivity contribution in [3.63, 3.8) is 0 Å². The summed E-state index contributed by atoms with van der Waals surface area (Å²) < 4.78 is 10.8. The first kappa shape index (κ1) is 22.0. The Morgan fingerprint density at radius 3 is 2.76 bits per heavy atom. The molecule has 0 amide bonds. The summed E-state index contributed by atoms with van der Waals surface area (Å²) in [6, 6.07) is 20.7. The van der Waals surface area contributed by atoms with Crippen LogP contribution in [0.25, 0.3) is 11.3 Å². The van der Waals surface area contributed by atoms with Crippen LogP contribution in [0.3, 0.4) is 0 Å². The van der Waals surface area contributed by atoms with Crippen molar-refractivity contribution < 1.29 is 19.1 Å². The standard InChI is InChI=1S/C24H17N5O5/c25-12-19-21(16-6-2-1-3-7-16)27-24(28-22(19)30)29-26-13-15-5-4-8-17(11-15)33-14-18-9-10-20(34-18)23(31)32/h1-11,13H,14H2,(H,31,32)(H2,27,28,29,30). The van der Waals surface area contributed by atoms with Gasteiger partial charge in [0, 0.05) is 5.56 Å². The molecule has 0 aliphatic carbocycles. The normalized spacial score (nSPS) is 10.7. The molecule has 0 spiro atoms. The van der Waals surface area contributed by atoms with E-state index in [1.165, 1.54) is 18.3 Å². The Bertz CT molecular complexity index is 1450. The number of furan rings is 1. The fourth-order valence-electron chi connectivity index (χ4n) is 3.01. The molecule has 0 aliphatic heterocycles. The molecule has 2 heterocycles. The number of anilines is 1. The molecule has 4 aromatic rings. The van der Waals surface area contributed by atoms with Crippen LogP contribution < -0.4 is 15.7 Å². The topological polar surface area (TPSA) is 154 Å². The van der Waals surface area contributed by atoms with Gasteiger partial charge in [-0.05, 0) is 29.8 Å². The second-order valence-corrected chi connectivity index (χ2v) is 6.92. The first-order valence-electron chi connectivity index (χ1n) is 9.97. The van der Waals surface area contributed by atoms with Gasteiger partial charge < -0.3 is 14.3 Å². The van der Waals surface area contributed by atoms with Gasteiger partial charge in [0.25, 0.3) is 5.56 Å². The van der Waals surface area contributed by atoms with E-state index in [0.717, 1.165) is 0 Å². The Kier molecular flexibility index (Phi) is 6.46. The molecule has 0 unspecified atom stereocenters. The lowest BCUT2D eigenvalue weighted by molar-refractivity contribution is 0.0658. The zero-order chi connectivity index (χ0) is 23.9. The fourth-order valence-corrected chi connectivity index (χ4v) is 3.01. The molecule has 0 fully saturated rings. The SMILES string of the molecule is N#Cc1c(-c2ccccc2)nc(NN=Cc2cccc(OCc3ccc(C(=O)O)o3)c2)[nH]c1=O. The Hall–Kier alpha value is -5.17. The van der Waals surface area contributed by atoms with Crippen molar-refractivity contribution in [2.75, 3.05) is 5.43 Å². The summed E-state index contributed by atoms with van der Waals surface area (Å²) in [7, 11) is 0. The Morgan fingerprint density at radius 1 is 1.21 bits per heavy atom. The number of carbonyl (C=O) groups is 1. The number of hydrazone groups is 1. The first-order valence-corrected chi connectivity index (χ1v) is 9.97. The van der Waals surface area contributed by atoms with Crippen molar-refractivity contribution in [1.82, 2.24) is 9.97 Å². The summed E-state index contributed by atoms with van der Waals surface area (Å²) >= 11 is 0. The number of aromatic nitrogens is 2. The van der Waals surface area contributed by atoms with Gasteiger partial charge in [0.2, 0.25) is 11.7 Å². The molecule has 0 aliphatic rings. The number of hydrogen-bond donors (Lipinski definition) is 3. The minimum Gasteiger partial charge on any atom is -0.486 e. The molecule has 2 aromatic carbocycles. The summed E-state index contributed by atoms with van der Waals surface area (Å²) in [6.45, 7) is 0.0603. The van der Waals surface area contributed by atoms with Crippen LogP contribution in [0.1, 0.15) is 27.4 Å². The first-order chi connectivity index (χ1) is 16.5. The molecule has 3 N–H and O–H groups in total. The number of rotatable bonds is 8. The van der Waals surface area contributed by atoms with E-state index >= 15 is 0 Å². The van der Waals surface area contributed by atoms with Crippen molar-refractivity contribution in [2.24, 2.45) is 5.10 Å². The van der Waals surface area contributed by atoms with E-state index in [1.54, 1.807) is 48.5 Å². The summed E-state index contributed by atoms with van der Waals surface area (Å²) in [5.74, 6) is -0.323. The van der Waals surface area contributed by atoms with Gasteiger partial charge in [-0.15, -0.1) is 0 Å². The van der Waals surface area contributed by atoms with Crippen LogP contribution in [0, 0.1) is 11.3 Å². The molecule has 0 saturated heterocycles. The molecule has 0 saturated carbocycles. The van der Waals surface area contributed by atoms with Crippen molar-refractivity contribution in [1.29, 1.82) is 5.26 Å². The van der Waals surface area contributed by atoms with Gasteiger partial charge in [-0.3, -0.25) is 9.78 Å². The lowest BCUT2D eigenvalue weighted by Crippen LogP contribution is -2.16. The number of aromatic amines is 1. The number of aromatic carboxylic acids is 1. The monoisotopic (exact) mass is 455 g/mol. The molecule has 34 heavy (non-hydrogen) atoms. The van der Waals surface area contributed by atoms with Crippen molar-refractivity contribution in [2.45, 2.75) is 6.61 Å². The van der Waals surface area contributed by atoms with Gasteiger partial charge in [-0.25, -0.2) is 15.2 Å². The van der Waals surface area contributed by atoms with Gasteiger partial charge >= 0.3 is 5.97 Å². The minimum absolute atomic E-state index is 0.0603. The van der Waals surface area contributed by atoms with E-state index in [9.17, 15) is 14.9 Å². The maximum Gasteiger partial charge on any atom is 0.371 e. The third-order valence-corrected chi connectivity index (χ3v) is 4.57. The predicted octanol–water partition coefficient (Wildman–Crippen LogP) is 3.62. The third-order valence-electron chi connectivity index (χ3n) is 4.57. The van der Waals surface area contributed by atoms with Crippen molar-refractivity contribution in [3.05, 3.63) is 99.7 Å². The molecular formula is C24H17N5O5. The number of H-pyrrole nitrogens is 1.